The second-order valence-electron chi connectivity index (χ2n) is 8.08. The fourth-order valence-corrected chi connectivity index (χ4v) is 4.57. The zero-order valence-corrected chi connectivity index (χ0v) is 14.8. The van der Waals surface area contributed by atoms with Gasteiger partial charge < -0.3 is 9.73 Å². The predicted octanol–water partition coefficient (Wildman–Crippen LogP) is 2.09. The minimum absolute atomic E-state index is 0.0597. The summed E-state index contributed by atoms with van der Waals surface area (Å²) in [7, 11) is 0. The quantitative estimate of drug-likeness (QED) is 0.867. The topological polar surface area (TPSA) is 48.7 Å². The average Bonchev–Trinajstić information content (AvgIpc) is 2.93. The maximum Gasteiger partial charge on any atom is 0.237 e. The average molecular weight is 331 g/mol. The van der Waals surface area contributed by atoms with Crippen molar-refractivity contribution in [1.29, 1.82) is 0 Å². The number of fused-ring (bicyclic) bond motifs is 1. The molecule has 0 bridgehead atoms. The summed E-state index contributed by atoms with van der Waals surface area (Å²) in [5, 5.41) is 3.20. The van der Waals surface area contributed by atoms with Gasteiger partial charge in [-0.1, -0.05) is 0 Å². The van der Waals surface area contributed by atoms with Gasteiger partial charge >= 0.3 is 0 Å². The minimum atomic E-state index is 0.0597. The first kappa shape index (κ1) is 16.2. The van der Waals surface area contributed by atoms with Gasteiger partial charge in [0.1, 0.15) is 5.76 Å². The van der Waals surface area contributed by atoms with Crippen LogP contribution in [0, 0.1) is 11.8 Å². The molecule has 0 unspecified atom stereocenters. The standard InChI is InChI=1S/C19H29N3O2/c1-13(2)22-17(19(23)20-9-14-5-6-14)8-15-10-21(12-18(15)22)11-16-4-3-7-24-16/h3-4,7,13-15,17-18H,5-6,8-12H2,1-2H3,(H,20,23)/t15-,17-,18+/m1/s1. The van der Waals surface area contributed by atoms with Gasteiger partial charge in [-0.05, 0) is 57.1 Å². The van der Waals surface area contributed by atoms with Gasteiger partial charge in [-0.2, -0.15) is 0 Å². The third-order valence-corrected chi connectivity index (χ3v) is 5.87. The molecule has 24 heavy (non-hydrogen) atoms. The number of likely N-dealkylation sites (tertiary alicyclic amines) is 2. The number of rotatable bonds is 6. The lowest BCUT2D eigenvalue weighted by Gasteiger charge is -2.33. The molecule has 2 aliphatic heterocycles. The predicted molar refractivity (Wildman–Crippen MR) is 92.4 cm³/mol. The van der Waals surface area contributed by atoms with E-state index in [9.17, 15) is 4.79 Å². The second kappa shape index (κ2) is 6.52. The third kappa shape index (κ3) is 3.24. The van der Waals surface area contributed by atoms with Gasteiger partial charge in [0.2, 0.25) is 5.91 Å². The fourth-order valence-electron chi connectivity index (χ4n) is 4.57. The number of nitrogens with zero attached hydrogens (tertiary/aromatic N) is 2. The molecule has 5 heteroatoms. The molecule has 0 radical (unpaired) electrons. The molecule has 3 heterocycles. The monoisotopic (exact) mass is 331 g/mol. The molecule has 1 aromatic rings. The molecule has 1 aromatic heterocycles. The fraction of sp³-hybridized carbons (Fsp3) is 0.737. The maximum absolute atomic E-state index is 12.7. The van der Waals surface area contributed by atoms with E-state index in [2.05, 4.69) is 29.0 Å². The van der Waals surface area contributed by atoms with Crippen LogP contribution in [0.3, 0.4) is 0 Å². The Kier molecular flexibility index (Phi) is 4.39. The van der Waals surface area contributed by atoms with Crippen LogP contribution in [0.25, 0.3) is 0 Å². The summed E-state index contributed by atoms with van der Waals surface area (Å²) in [5.74, 6) is 2.62. The zero-order valence-electron chi connectivity index (χ0n) is 14.8. The highest BCUT2D eigenvalue weighted by Gasteiger charge is 2.49. The van der Waals surface area contributed by atoms with E-state index in [4.69, 9.17) is 4.42 Å². The summed E-state index contributed by atoms with van der Waals surface area (Å²) in [6.45, 7) is 8.31. The van der Waals surface area contributed by atoms with Crippen molar-refractivity contribution in [2.45, 2.75) is 57.8 Å². The lowest BCUT2D eigenvalue weighted by molar-refractivity contribution is -0.126. The Hall–Kier alpha value is -1.33. The number of hydrogen-bond donors (Lipinski definition) is 1. The van der Waals surface area contributed by atoms with Crippen LogP contribution in [0.15, 0.2) is 22.8 Å². The van der Waals surface area contributed by atoms with E-state index in [1.54, 1.807) is 6.26 Å². The number of amides is 1. The highest BCUT2D eigenvalue weighted by atomic mass is 16.3. The molecule has 1 N–H and O–H groups in total. The summed E-state index contributed by atoms with van der Waals surface area (Å²) >= 11 is 0. The molecule has 3 aliphatic rings. The Morgan fingerprint density at radius 2 is 2.21 bits per heavy atom. The van der Waals surface area contributed by atoms with Crippen molar-refractivity contribution in [3.63, 3.8) is 0 Å². The van der Waals surface area contributed by atoms with Crippen LogP contribution in [0.5, 0.6) is 0 Å². The van der Waals surface area contributed by atoms with Gasteiger partial charge in [0.25, 0.3) is 0 Å². The third-order valence-electron chi connectivity index (χ3n) is 5.87. The van der Waals surface area contributed by atoms with Crippen molar-refractivity contribution in [3.05, 3.63) is 24.2 Å². The van der Waals surface area contributed by atoms with Gasteiger partial charge in [0.15, 0.2) is 0 Å². The number of hydrogen-bond acceptors (Lipinski definition) is 4. The molecule has 1 aliphatic carbocycles. The molecule has 4 rings (SSSR count). The first-order chi connectivity index (χ1) is 11.6. The van der Waals surface area contributed by atoms with Crippen LogP contribution < -0.4 is 5.32 Å². The first-order valence-corrected chi connectivity index (χ1v) is 9.41. The number of carbonyl (C=O) groups is 1. The van der Waals surface area contributed by atoms with Crippen LogP contribution in [0.2, 0.25) is 0 Å². The van der Waals surface area contributed by atoms with Gasteiger partial charge in [0, 0.05) is 31.7 Å². The Morgan fingerprint density at radius 1 is 1.38 bits per heavy atom. The highest BCUT2D eigenvalue weighted by Crippen LogP contribution is 2.38. The van der Waals surface area contributed by atoms with E-state index in [1.807, 2.05) is 12.1 Å². The van der Waals surface area contributed by atoms with Gasteiger partial charge in [0.05, 0.1) is 18.8 Å². The Labute approximate surface area is 144 Å². The Bertz CT molecular complexity index is 567. The molecule has 2 saturated heterocycles. The molecule has 3 atom stereocenters. The van der Waals surface area contributed by atoms with Crippen LogP contribution in [0.1, 0.15) is 38.9 Å². The van der Waals surface area contributed by atoms with Crippen LogP contribution >= 0.6 is 0 Å². The minimum Gasteiger partial charge on any atom is -0.468 e. The highest BCUT2D eigenvalue weighted by molar-refractivity contribution is 5.82. The van der Waals surface area contributed by atoms with Crippen molar-refractivity contribution < 1.29 is 9.21 Å². The van der Waals surface area contributed by atoms with Crippen LogP contribution in [0.4, 0.5) is 0 Å². The molecule has 0 spiro atoms. The molecule has 5 nitrogen and oxygen atoms in total. The summed E-state index contributed by atoms with van der Waals surface area (Å²) < 4.78 is 5.49. The zero-order chi connectivity index (χ0) is 16.7. The van der Waals surface area contributed by atoms with Gasteiger partial charge in [-0.3, -0.25) is 14.6 Å². The lowest BCUT2D eigenvalue weighted by Crippen LogP contribution is -2.50. The molecular formula is C19H29N3O2. The largest absolute Gasteiger partial charge is 0.468 e. The Balaban J connectivity index is 1.39. The Morgan fingerprint density at radius 3 is 2.88 bits per heavy atom. The van der Waals surface area contributed by atoms with E-state index in [-0.39, 0.29) is 11.9 Å². The number of furan rings is 1. The smallest absolute Gasteiger partial charge is 0.237 e. The number of nitrogens with one attached hydrogen (secondary N) is 1. The summed E-state index contributed by atoms with van der Waals surface area (Å²) in [6.07, 6.45) is 5.30. The molecule has 1 amide bonds. The van der Waals surface area contributed by atoms with E-state index in [0.717, 1.165) is 44.3 Å². The van der Waals surface area contributed by atoms with Crippen molar-refractivity contribution in [2.24, 2.45) is 11.8 Å². The van der Waals surface area contributed by atoms with E-state index in [1.165, 1.54) is 12.8 Å². The molecule has 132 valence electrons. The van der Waals surface area contributed by atoms with Crippen molar-refractivity contribution in [1.82, 2.24) is 15.1 Å². The summed E-state index contributed by atoms with van der Waals surface area (Å²) in [4.78, 5) is 17.6. The van der Waals surface area contributed by atoms with Gasteiger partial charge in [-0.15, -0.1) is 0 Å². The van der Waals surface area contributed by atoms with Crippen molar-refractivity contribution in [3.8, 4) is 0 Å². The lowest BCUT2D eigenvalue weighted by atomic mass is 10.0. The first-order valence-electron chi connectivity index (χ1n) is 9.41. The van der Waals surface area contributed by atoms with Gasteiger partial charge in [-0.25, -0.2) is 0 Å². The van der Waals surface area contributed by atoms with E-state index >= 15 is 0 Å². The second-order valence-corrected chi connectivity index (χ2v) is 8.08. The van der Waals surface area contributed by atoms with Crippen molar-refractivity contribution in [2.75, 3.05) is 19.6 Å². The maximum atomic E-state index is 12.7. The van der Waals surface area contributed by atoms with Crippen LogP contribution in [-0.2, 0) is 11.3 Å². The van der Waals surface area contributed by atoms with E-state index < -0.39 is 0 Å². The molecule has 1 saturated carbocycles. The summed E-state index contributed by atoms with van der Waals surface area (Å²) in [5.41, 5.74) is 0. The van der Waals surface area contributed by atoms with Crippen LogP contribution in [-0.4, -0.2) is 53.5 Å². The SMILES string of the molecule is CC(C)N1[C@@H](C(=O)NCC2CC2)C[C@@H]2CN(Cc3ccco3)C[C@@H]21. The summed E-state index contributed by atoms with van der Waals surface area (Å²) in [6, 6.07) is 4.95. The number of carbonyl (C=O) groups excluding carboxylic acids is 1. The van der Waals surface area contributed by atoms with Crippen molar-refractivity contribution >= 4 is 5.91 Å². The molecular weight excluding hydrogens is 302 g/mol. The normalized spacial score (nSPS) is 30.9. The molecule has 3 fully saturated rings. The van der Waals surface area contributed by atoms with E-state index in [0.29, 0.717) is 18.0 Å². The molecule has 0 aromatic carbocycles.